The van der Waals surface area contributed by atoms with Crippen molar-refractivity contribution in [3.63, 3.8) is 0 Å². The molecule has 0 radical (unpaired) electrons. The molecule has 0 N–H and O–H groups in total. The van der Waals surface area contributed by atoms with Gasteiger partial charge in [0.25, 0.3) is 0 Å². The molecule has 0 aliphatic heterocycles. The minimum absolute atomic E-state index is 0.00236. The summed E-state index contributed by atoms with van der Waals surface area (Å²) < 4.78 is 5.07. The summed E-state index contributed by atoms with van der Waals surface area (Å²) in [6, 6.07) is -0.00236. The van der Waals surface area contributed by atoms with E-state index in [0.29, 0.717) is 13.2 Å². The van der Waals surface area contributed by atoms with Crippen molar-refractivity contribution in [2.75, 3.05) is 13.2 Å². The van der Waals surface area contributed by atoms with E-state index in [1.165, 1.54) is 6.08 Å². The maximum atomic E-state index is 9.79. The van der Waals surface area contributed by atoms with E-state index in [1.54, 1.807) is 0 Å². The van der Waals surface area contributed by atoms with Crippen molar-refractivity contribution in [1.82, 2.24) is 0 Å². The van der Waals surface area contributed by atoms with Gasteiger partial charge in [0.2, 0.25) is 6.08 Å². The minimum Gasteiger partial charge on any atom is -0.379 e. The van der Waals surface area contributed by atoms with Gasteiger partial charge < -0.3 is 4.74 Å². The first-order valence-corrected chi connectivity index (χ1v) is 3.49. The molecule has 1 atom stereocenters. The van der Waals surface area contributed by atoms with E-state index in [9.17, 15) is 4.79 Å². The van der Waals surface area contributed by atoms with Crippen molar-refractivity contribution in [3.05, 3.63) is 0 Å². The summed E-state index contributed by atoms with van der Waals surface area (Å²) in [6.45, 7) is 5.08. The molecule has 0 aliphatic carbocycles. The number of ether oxygens (including phenoxy) is 1. The molecule has 0 saturated carbocycles. The van der Waals surface area contributed by atoms with Gasteiger partial charge in [-0.1, -0.05) is 6.92 Å². The Morgan fingerprint density at radius 2 is 2.30 bits per heavy atom. The zero-order valence-corrected chi connectivity index (χ0v) is 6.46. The molecule has 0 rings (SSSR count). The van der Waals surface area contributed by atoms with Crippen molar-refractivity contribution >= 4 is 6.08 Å². The van der Waals surface area contributed by atoms with Gasteiger partial charge in [-0.15, -0.1) is 0 Å². The molecule has 0 aromatic heterocycles. The molecule has 58 valence electrons. The van der Waals surface area contributed by atoms with Crippen LogP contribution in [0.15, 0.2) is 4.99 Å². The lowest BCUT2D eigenvalue weighted by atomic mass is 10.2. The van der Waals surface area contributed by atoms with Crippen LogP contribution in [0, 0.1) is 0 Å². The second-order valence-corrected chi connectivity index (χ2v) is 1.94. The molecule has 0 bridgehead atoms. The van der Waals surface area contributed by atoms with Gasteiger partial charge in [0.05, 0.1) is 12.6 Å². The van der Waals surface area contributed by atoms with Crippen LogP contribution in [-0.4, -0.2) is 25.3 Å². The molecule has 0 saturated heterocycles. The van der Waals surface area contributed by atoms with Crippen molar-refractivity contribution < 1.29 is 9.53 Å². The van der Waals surface area contributed by atoms with Crippen molar-refractivity contribution in [3.8, 4) is 0 Å². The summed E-state index contributed by atoms with van der Waals surface area (Å²) in [4.78, 5) is 13.3. The van der Waals surface area contributed by atoms with E-state index in [1.807, 2.05) is 13.8 Å². The van der Waals surface area contributed by atoms with Gasteiger partial charge in [-0.3, -0.25) is 0 Å². The van der Waals surface area contributed by atoms with Crippen LogP contribution in [0.5, 0.6) is 0 Å². The molecule has 1 unspecified atom stereocenters. The first-order valence-electron chi connectivity index (χ1n) is 3.49. The third-order valence-corrected chi connectivity index (χ3v) is 1.22. The van der Waals surface area contributed by atoms with E-state index in [-0.39, 0.29) is 6.04 Å². The summed E-state index contributed by atoms with van der Waals surface area (Å²) in [5, 5.41) is 0. The molecule has 0 spiro atoms. The predicted octanol–water partition coefficient (Wildman–Crippen LogP) is 1.14. The van der Waals surface area contributed by atoms with Crippen LogP contribution in [0.3, 0.4) is 0 Å². The van der Waals surface area contributed by atoms with Crippen LogP contribution in [-0.2, 0) is 9.53 Å². The highest BCUT2D eigenvalue weighted by Crippen LogP contribution is 1.95. The second kappa shape index (κ2) is 6.46. The molecule has 3 heteroatoms. The second-order valence-electron chi connectivity index (χ2n) is 1.94. The Morgan fingerprint density at radius 1 is 1.60 bits per heavy atom. The van der Waals surface area contributed by atoms with E-state index in [4.69, 9.17) is 4.74 Å². The number of hydrogen-bond acceptors (Lipinski definition) is 3. The third kappa shape index (κ3) is 4.24. The van der Waals surface area contributed by atoms with Crippen LogP contribution in [0.1, 0.15) is 20.3 Å². The molecular formula is C7H13NO2. The molecule has 3 nitrogen and oxygen atoms in total. The largest absolute Gasteiger partial charge is 0.379 e. The Kier molecular flexibility index (Phi) is 6.03. The lowest BCUT2D eigenvalue weighted by Gasteiger charge is -2.05. The molecule has 10 heavy (non-hydrogen) atoms. The highest BCUT2D eigenvalue weighted by molar-refractivity contribution is 5.33. The number of hydrogen-bond donors (Lipinski definition) is 0. The minimum atomic E-state index is -0.00236. The van der Waals surface area contributed by atoms with Crippen molar-refractivity contribution in [1.29, 1.82) is 0 Å². The van der Waals surface area contributed by atoms with Crippen molar-refractivity contribution in [2.24, 2.45) is 4.99 Å². The number of rotatable bonds is 5. The Balaban J connectivity index is 3.49. The topological polar surface area (TPSA) is 38.7 Å². The molecule has 0 fully saturated rings. The average Bonchev–Trinajstić information content (AvgIpc) is 1.98. The predicted molar refractivity (Wildman–Crippen MR) is 38.7 cm³/mol. The van der Waals surface area contributed by atoms with Gasteiger partial charge in [-0.2, -0.15) is 0 Å². The highest BCUT2D eigenvalue weighted by atomic mass is 16.5. The van der Waals surface area contributed by atoms with Gasteiger partial charge in [-0.05, 0) is 13.3 Å². The smallest absolute Gasteiger partial charge is 0.235 e. The fourth-order valence-electron chi connectivity index (χ4n) is 0.575. The summed E-state index contributed by atoms with van der Waals surface area (Å²) in [7, 11) is 0. The monoisotopic (exact) mass is 143 g/mol. The lowest BCUT2D eigenvalue weighted by Crippen LogP contribution is -2.11. The van der Waals surface area contributed by atoms with E-state index in [2.05, 4.69) is 4.99 Å². The maximum Gasteiger partial charge on any atom is 0.235 e. The summed E-state index contributed by atoms with van der Waals surface area (Å²) in [5.74, 6) is 0. The molecule has 0 amide bonds. The number of carbonyl (C=O) groups excluding carboxylic acids is 1. The SMILES string of the molecule is CCOCC(CC)N=C=O. The fourth-order valence-corrected chi connectivity index (χ4v) is 0.575. The van der Waals surface area contributed by atoms with Gasteiger partial charge in [0.15, 0.2) is 0 Å². The van der Waals surface area contributed by atoms with Crippen LogP contribution < -0.4 is 0 Å². The Bertz CT molecular complexity index is 119. The summed E-state index contributed by atoms with van der Waals surface area (Å²) in [5.41, 5.74) is 0. The maximum absolute atomic E-state index is 9.79. The van der Waals surface area contributed by atoms with Crippen molar-refractivity contribution in [2.45, 2.75) is 26.3 Å². The fraction of sp³-hybridized carbons (Fsp3) is 0.857. The molecule has 0 heterocycles. The van der Waals surface area contributed by atoms with E-state index >= 15 is 0 Å². The Labute approximate surface area is 61.1 Å². The molecule has 0 aromatic rings. The van der Waals surface area contributed by atoms with Crippen LogP contribution in [0.25, 0.3) is 0 Å². The zero-order chi connectivity index (χ0) is 7.82. The third-order valence-electron chi connectivity index (χ3n) is 1.22. The quantitative estimate of drug-likeness (QED) is 0.427. The number of nitrogens with zero attached hydrogens (tertiary/aromatic N) is 1. The van der Waals surface area contributed by atoms with Crippen LogP contribution >= 0.6 is 0 Å². The number of isocyanates is 1. The van der Waals surface area contributed by atoms with Gasteiger partial charge in [0.1, 0.15) is 0 Å². The first-order chi connectivity index (χ1) is 4.85. The molecular weight excluding hydrogens is 130 g/mol. The Morgan fingerprint density at radius 3 is 2.70 bits per heavy atom. The van der Waals surface area contributed by atoms with Gasteiger partial charge >= 0.3 is 0 Å². The summed E-state index contributed by atoms with van der Waals surface area (Å²) in [6.07, 6.45) is 2.35. The zero-order valence-electron chi connectivity index (χ0n) is 6.46. The van der Waals surface area contributed by atoms with Crippen LogP contribution in [0.2, 0.25) is 0 Å². The van der Waals surface area contributed by atoms with E-state index < -0.39 is 0 Å². The standard InChI is InChI=1S/C7H13NO2/c1-3-7(8-6-9)5-10-4-2/h7H,3-5H2,1-2H3. The van der Waals surface area contributed by atoms with Gasteiger partial charge in [0, 0.05) is 6.61 Å². The average molecular weight is 143 g/mol. The lowest BCUT2D eigenvalue weighted by molar-refractivity contribution is 0.132. The van der Waals surface area contributed by atoms with E-state index in [0.717, 1.165) is 6.42 Å². The molecule has 0 aromatic carbocycles. The Hall–Kier alpha value is -0.660. The number of aliphatic imine (C=N–C) groups is 1. The first kappa shape index (κ1) is 9.34. The normalized spacial score (nSPS) is 12.2. The highest BCUT2D eigenvalue weighted by Gasteiger charge is 2.01. The molecule has 0 aliphatic rings. The van der Waals surface area contributed by atoms with Gasteiger partial charge in [-0.25, -0.2) is 9.79 Å². The van der Waals surface area contributed by atoms with Crippen LogP contribution in [0.4, 0.5) is 0 Å². The summed E-state index contributed by atoms with van der Waals surface area (Å²) >= 11 is 0.